The van der Waals surface area contributed by atoms with E-state index in [0.717, 1.165) is 12.1 Å². The van der Waals surface area contributed by atoms with Crippen LogP contribution in [0.15, 0.2) is 12.1 Å². The van der Waals surface area contributed by atoms with Crippen molar-refractivity contribution in [1.82, 2.24) is 15.6 Å². The largest absolute Gasteiger partial charge is 0.480 e. The SMILES string of the molecule is C#CCCC(NN)c1ccc(OC)nn1. The van der Waals surface area contributed by atoms with E-state index in [0.29, 0.717) is 12.3 Å². The highest BCUT2D eigenvalue weighted by atomic mass is 16.5. The third kappa shape index (κ3) is 3.20. The van der Waals surface area contributed by atoms with Crippen molar-refractivity contribution in [3.63, 3.8) is 0 Å². The molecule has 5 heteroatoms. The van der Waals surface area contributed by atoms with E-state index in [-0.39, 0.29) is 6.04 Å². The summed E-state index contributed by atoms with van der Waals surface area (Å²) < 4.78 is 4.91. The molecule has 1 unspecified atom stereocenters. The van der Waals surface area contributed by atoms with Gasteiger partial charge in [-0.05, 0) is 12.5 Å². The van der Waals surface area contributed by atoms with Crippen LogP contribution in [0.1, 0.15) is 24.6 Å². The molecule has 0 saturated carbocycles. The zero-order chi connectivity index (χ0) is 11.1. The van der Waals surface area contributed by atoms with E-state index in [1.807, 2.05) is 6.07 Å². The second-order valence-corrected chi connectivity index (χ2v) is 2.96. The van der Waals surface area contributed by atoms with Gasteiger partial charge in [0.1, 0.15) is 0 Å². The van der Waals surface area contributed by atoms with Crippen LogP contribution in [0.5, 0.6) is 5.88 Å². The third-order valence-electron chi connectivity index (χ3n) is 2.01. The minimum absolute atomic E-state index is 0.0699. The van der Waals surface area contributed by atoms with Crippen molar-refractivity contribution < 1.29 is 4.74 Å². The molecular formula is C10H14N4O. The second kappa shape index (κ2) is 5.96. The fourth-order valence-corrected chi connectivity index (χ4v) is 1.17. The lowest BCUT2D eigenvalue weighted by molar-refractivity contribution is 0.388. The minimum atomic E-state index is -0.0699. The molecule has 0 radical (unpaired) electrons. The van der Waals surface area contributed by atoms with Crippen LogP contribution >= 0.6 is 0 Å². The highest BCUT2D eigenvalue weighted by molar-refractivity contribution is 5.14. The monoisotopic (exact) mass is 206 g/mol. The molecule has 80 valence electrons. The highest BCUT2D eigenvalue weighted by Crippen LogP contribution is 2.15. The van der Waals surface area contributed by atoms with Crippen molar-refractivity contribution in [1.29, 1.82) is 0 Å². The molecule has 0 aliphatic carbocycles. The molecule has 0 spiro atoms. The first-order chi connectivity index (χ1) is 7.31. The molecule has 0 amide bonds. The van der Waals surface area contributed by atoms with Crippen LogP contribution in [0, 0.1) is 12.3 Å². The van der Waals surface area contributed by atoms with Crippen LogP contribution in [-0.4, -0.2) is 17.3 Å². The van der Waals surface area contributed by atoms with Gasteiger partial charge in [-0.1, -0.05) is 0 Å². The number of rotatable bonds is 5. The summed E-state index contributed by atoms with van der Waals surface area (Å²) in [6.07, 6.45) is 6.55. The molecule has 1 rings (SSSR count). The maximum Gasteiger partial charge on any atom is 0.233 e. The Morgan fingerprint density at radius 2 is 2.40 bits per heavy atom. The first-order valence-electron chi connectivity index (χ1n) is 4.59. The van der Waals surface area contributed by atoms with E-state index in [1.54, 1.807) is 13.2 Å². The predicted molar refractivity (Wildman–Crippen MR) is 56.7 cm³/mol. The molecule has 1 heterocycles. The number of terminal acetylenes is 1. The van der Waals surface area contributed by atoms with Gasteiger partial charge in [-0.25, -0.2) is 0 Å². The molecule has 0 aromatic carbocycles. The molecule has 5 nitrogen and oxygen atoms in total. The number of hydrogen-bond donors (Lipinski definition) is 2. The van der Waals surface area contributed by atoms with Gasteiger partial charge in [-0.2, -0.15) is 5.10 Å². The van der Waals surface area contributed by atoms with Crippen LogP contribution in [0.2, 0.25) is 0 Å². The van der Waals surface area contributed by atoms with Gasteiger partial charge in [0.2, 0.25) is 5.88 Å². The predicted octanol–water partition coefficient (Wildman–Crippen LogP) is 0.403. The van der Waals surface area contributed by atoms with Crippen molar-refractivity contribution in [3.05, 3.63) is 17.8 Å². The van der Waals surface area contributed by atoms with Crippen LogP contribution < -0.4 is 16.0 Å². The number of hydrazine groups is 1. The normalized spacial score (nSPS) is 11.8. The number of ether oxygens (including phenoxy) is 1. The Labute approximate surface area is 89.0 Å². The molecule has 0 saturated heterocycles. The number of aromatic nitrogens is 2. The topological polar surface area (TPSA) is 73.1 Å². The molecule has 1 atom stereocenters. The molecule has 0 fully saturated rings. The first kappa shape index (κ1) is 11.4. The van der Waals surface area contributed by atoms with Gasteiger partial charge in [-0.3, -0.25) is 11.3 Å². The maximum atomic E-state index is 5.40. The van der Waals surface area contributed by atoms with Gasteiger partial charge in [0, 0.05) is 12.5 Å². The fourth-order valence-electron chi connectivity index (χ4n) is 1.17. The second-order valence-electron chi connectivity index (χ2n) is 2.96. The zero-order valence-corrected chi connectivity index (χ0v) is 8.60. The van der Waals surface area contributed by atoms with E-state index >= 15 is 0 Å². The summed E-state index contributed by atoms with van der Waals surface area (Å²) in [5.74, 6) is 8.43. The number of nitrogens with one attached hydrogen (secondary N) is 1. The molecule has 0 aliphatic heterocycles. The van der Waals surface area contributed by atoms with E-state index in [4.69, 9.17) is 17.0 Å². The van der Waals surface area contributed by atoms with Crippen molar-refractivity contribution >= 4 is 0 Å². The summed E-state index contributed by atoms with van der Waals surface area (Å²) in [7, 11) is 1.54. The lowest BCUT2D eigenvalue weighted by Crippen LogP contribution is -2.28. The Kier molecular flexibility index (Phi) is 4.54. The Morgan fingerprint density at radius 3 is 2.87 bits per heavy atom. The summed E-state index contributed by atoms with van der Waals surface area (Å²) in [6, 6.07) is 3.48. The van der Waals surface area contributed by atoms with Crippen LogP contribution in [0.25, 0.3) is 0 Å². The summed E-state index contributed by atoms with van der Waals surface area (Å²) >= 11 is 0. The standard InChI is InChI=1S/C10H14N4O/c1-3-4-5-8(12-11)9-6-7-10(15-2)14-13-9/h1,6-8,12H,4-5,11H2,2H3. The highest BCUT2D eigenvalue weighted by Gasteiger charge is 2.10. The van der Waals surface area contributed by atoms with Gasteiger partial charge in [0.25, 0.3) is 0 Å². The van der Waals surface area contributed by atoms with Gasteiger partial charge in [0.05, 0.1) is 18.8 Å². The molecule has 3 N–H and O–H groups in total. The number of methoxy groups -OCH3 is 1. The molecule has 15 heavy (non-hydrogen) atoms. The average Bonchev–Trinajstić information content (AvgIpc) is 2.31. The van der Waals surface area contributed by atoms with Gasteiger partial charge < -0.3 is 4.74 Å². The van der Waals surface area contributed by atoms with E-state index in [1.165, 1.54) is 0 Å². The molecule has 1 aromatic rings. The van der Waals surface area contributed by atoms with Crippen molar-refractivity contribution in [3.8, 4) is 18.2 Å². The number of nitrogens with two attached hydrogens (primary N) is 1. The van der Waals surface area contributed by atoms with Gasteiger partial charge in [-0.15, -0.1) is 17.4 Å². The quantitative estimate of drug-likeness (QED) is 0.414. The Bertz CT molecular complexity index is 330. The Balaban J connectivity index is 2.70. The minimum Gasteiger partial charge on any atom is -0.480 e. The van der Waals surface area contributed by atoms with Crippen molar-refractivity contribution in [2.24, 2.45) is 5.84 Å². The summed E-state index contributed by atoms with van der Waals surface area (Å²) in [5, 5.41) is 7.84. The Hall–Kier alpha value is -1.64. The number of nitrogens with zero attached hydrogens (tertiary/aromatic N) is 2. The van der Waals surface area contributed by atoms with E-state index in [2.05, 4.69) is 21.5 Å². The third-order valence-corrected chi connectivity index (χ3v) is 2.01. The van der Waals surface area contributed by atoms with E-state index < -0.39 is 0 Å². The van der Waals surface area contributed by atoms with Crippen LogP contribution in [0.4, 0.5) is 0 Å². The molecular weight excluding hydrogens is 192 g/mol. The number of hydrogen-bond acceptors (Lipinski definition) is 5. The van der Waals surface area contributed by atoms with Gasteiger partial charge >= 0.3 is 0 Å². The Morgan fingerprint density at radius 1 is 1.60 bits per heavy atom. The van der Waals surface area contributed by atoms with Gasteiger partial charge in [0.15, 0.2) is 0 Å². The first-order valence-corrected chi connectivity index (χ1v) is 4.59. The van der Waals surface area contributed by atoms with Crippen molar-refractivity contribution in [2.45, 2.75) is 18.9 Å². The zero-order valence-electron chi connectivity index (χ0n) is 8.60. The summed E-state index contributed by atoms with van der Waals surface area (Å²) in [6.45, 7) is 0. The lowest BCUT2D eigenvalue weighted by Gasteiger charge is -2.12. The maximum absolute atomic E-state index is 5.40. The lowest BCUT2D eigenvalue weighted by atomic mass is 10.1. The molecule has 0 aliphatic rings. The average molecular weight is 206 g/mol. The summed E-state index contributed by atoms with van der Waals surface area (Å²) in [4.78, 5) is 0. The molecule has 1 aromatic heterocycles. The van der Waals surface area contributed by atoms with Crippen molar-refractivity contribution in [2.75, 3.05) is 7.11 Å². The van der Waals surface area contributed by atoms with E-state index in [9.17, 15) is 0 Å². The molecule has 0 bridgehead atoms. The summed E-state index contributed by atoms with van der Waals surface area (Å²) in [5.41, 5.74) is 3.41. The van der Waals surface area contributed by atoms with Crippen LogP contribution in [-0.2, 0) is 0 Å². The van der Waals surface area contributed by atoms with Crippen LogP contribution in [0.3, 0.4) is 0 Å². The smallest absolute Gasteiger partial charge is 0.233 e. The fraction of sp³-hybridized carbons (Fsp3) is 0.400.